The summed E-state index contributed by atoms with van der Waals surface area (Å²) < 4.78 is 0. The first-order valence-corrected chi connectivity index (χ1v) is 8.53. The van der Waals surface area contributed by atoms with Crippen molar-refractivity contribution in [2.75, 3.05) is 5.32 Å². The molecular weight excluding hydrogens is 308 g/mol. The molecule has 0 saturated heterocycles. The van der Waals surface area contributed by atoms with Crippen LogP contribution in [0, 0.1) is 12.8 Å². The lowest BCUT2D eigenvalue weighted by molar-refractivity contribution is -0.115. The van der Waals surface area contributed by atoms with Gasteiger partial charge in [-0.2, -0.15) is 0 Å². The van der Waals surface area contributed by atoms with Crippen molar-refractivity contribution in [3.8, 4) is 0 Å². The number of hydrogen-bond donors (Lipinski definition) is 2. The number of aryl methyl sites for hydroxylation is 1. The molecule has 120 valence electrons. The van der Waals surface area contributed by atoms with E-state index in [1.807, 2.05) is 31.2 Å². The molecule has 2 heterocycles. The van der Waals surface area contributed by atoms with Crippen LogP contribution >= 0.6 is 11.3 Å². The Balaban J connectivity index is 1.71. The first-order valence-electron chi connectivity index (χ1n) is 7.71. The molecule has 0 bridgehead atoms. The van der Waals surface area contributed by atoms with E-state index in [1.165, 1.54) is 11.3 Å². The van der Waals surface area contributed by atoms with Gasteiger partial charge in [-0.15, -0.1) is 10.2 Å². The largest absolute Gasteiger partial charge is 0.358 e. The third-order valence-electron chi connectivity index (χ3n) is 3.66. The Bertz CT molecular complexity index is 834. The second-order valence-corrected chi connectivity index (χ2v) is 7.16. The number of aromatic amines is 1. The van der Waals surface area contributed by atoms with Gasteiger partial charge in [-0.3, -0.25) is 4.79 Å². The maximum absolute atomic E-state index is 12.3. The van der Waals surface area contributed by atoms with Crippen molar-refractivity contribution in [3.05, 3.63) is 40.5 Å². The fourth-order valence-corrected chi connectivity index (χ4v) is 3.59. The van der Waals surface area contributed by atoms with Crippen LogP contribution in [0.15, 0.2) is 24.3 Å². The lowest BCUT2D eigenvalue weighted by atomic mass is 10.1. The SMILES string of the molecule is Cc1[nH]c2ccccc2c1CC(=O)Nc1nnc(CC(C)C)s1. The van der Waals surface area contributed by atoms with Crippen molar-refractivity contribution in [2.24, 2.45) is 5.92 Å². The van der Waals surface area contributed by atoms with E-state index in [-0.39, 0.29) is 5.91 Å². The van der Waals surface area contributed by atoms with Crippen LogP contribution in [0.5, 0.6) is 0 Å². The van der Waals surface area contributed by atoms with Crippen LogP contribution in [0.4, 0.5) is 5.13 Å². The molecule has 0 aliphatic carbocycles. The molecule has 0 fully saturated rings. The van der Waals surface area contributed by atoms with Crippen LogP contribution in [0.25, 0.3) is 10.9 Å². The summed E-state index contributed by atoms with van der Waals surface area (Å²) in [7, 11) is 0. The standard InChI is InChI=1S/C17H20N4OS/c1-10(2)8-16-20-21-17(23-16)19-15(22)9-13-11(3)18-14-7-5-4-6-12(13)14/h4-7,10,18H,8-9H2,1-3H3,(H,19,21,22). The van der Waals surface area contributed by atoms with Gasteiger partial charge in [0.1, 0.15) is 5.01 Å². The number of fused-ring (bicyclic) bond motifs is 1. The molecule has 0 unspecified atom stereocenters. The van der Waals surface area contributed by atoms with Gasteiger partial charge in [-0.05, 0) is 24.5 Å². The average Bonchev–Trinajstić information content (AvgIpc) is 3.03. The quantitative estimate of drug-likeness (QED) is 0.750. The molecule has 0 spiro atoms. The highest BCUT2D eigenvalue weighted by atomic mass is 32.1. The summed E-state index contributed by atoms with van der Waals surface area (Å²) in [4.78, 5) is 15.6. The first-order chi connectivity index (χ1) is 11.0. The molecule has 1 amide bonds. The highest BCUT2D eigenvalue weighted by Gasteiger charge is 2.14. The number of rotatable bonds is 5. The molecular formula is C17H20N4OS. The zero-order valence-electron chi connectivity index (χ0n) is 13.5. The summed E-state index contributed by atoms with van der Waals surface area (Å²) in [5, 5.41) is 13.7. The number of amides is 1. The van der Waals surface area contributed by atoms with Crippen LogP contribution in [-0.4, -0.2) is 21.1 Å². The van der Waals surface area contributed by atoms with Crippen molar-refractivity contribution in [1.29, 1.82) is 0 Å². The minimum absolute atomic E-state index is 0.0647. The molecule has 0 aliphatic rings. The van der Waals surface area contributed by atoms with E-state index in [4.69, 9.17) is 0 Å². The summed E-state index contributed by atoms with van der Waals surface area (Å²) >= 11 is 1.45. The number of nitrogens with zero attached hydrogens (tertiary/aromatic N) is 2. The summed E-state index contributed by atoms with van der Waals surface area (Å²) in [6, 6.07) is 8.03. The van der Waals surface area contributed by atoms with Crippen molar-refractivity contribution < 1.29 is 4.79 Å². The minimum Gasteiger partial charge on any atom is -0.358 e. The predicted octanol–water partition coefficient (Wildman–Crippen LogP) is 3.71. The van der Waals surface area contributed by atoms with Crippen molar-refractivity contribution >= 4 is 33.3 Å². The number of carbonyl (C=O) groups is 1. The van der Waals surface area contributed by atoms with Gasteiger partial charge in [0.25, 0.3) is 0 Å². The van der Waals surface area contributed by atoms with E-state index in [2.05, 4.69) is 34.3 Å². The van der Waals surface area contributed by atoms with E-state index in [1.54, 1.807) is 0 Å². The highest BCUT2D eigenvalue weighted by Crippen LogP contribution is 2.23. The molecule has 0 aliphatic heterocycles. The molecule has 1 aromatic carbocycles. The topological polar surface area (TPSA) is 70.7 Å². The van der Waals surface area contributed by atoms with Crippen molar-refractivity contribution in [2.45, 2.75) is 33.6 Å². The normalized spacial score (nSPS) is 11.3. The third kappa shape index (κ3) is 3.59. The highest BCUT2D eigenvalue weighted by molar-refractivity contribution is 7.15. The molecule has 5 nitrogen and oxygen atoms in total. The van der Waals surface area contributed by atoms with Gasteiger partial charge in [0.2, 0.25) is 11.0 Å². The van der Waals surface area contributed by atoms with Gasteiger partial charge >= 0.3 is 0 Å². The lowest BCUT2D eigenvalue weighted by Crippen LogP contribution is -2.14. The number of H-pyrrole nitrogens is 1. The molecule has 3 rings (SSSR count). The third-order valence-corrected chi connectivity index (χ3v) is 4.52. The van der Waals surface area contributed by atoms with E-state index in [0.29, 0.717) is 17.5 Å². The van der Waals surface area contributed by atoms with Crippen molar-refractivity contribution in [1.82, 2.24) is 15.2 Å². The van der Waals surface area contributed by atoms with Crippen LogP contribution < -0.4 is 5.32 Å². The van der Waals surface area contributed by atoms with Crippen LogP contribution in [0.2, 0.25) is 0 Å². The van der Waals surface area contributed by atoms with Gasteiger partial charge in [0.15, 0.2) is 0 Å². The van der Waals surface area contributed by atoms with E-state index in [0.717, 1.165) is 33.6 Å². The van der Waals surface area contributed by atoms with Crippen LogP contribution in [0.1, 0.15) is 30.1 Å². The van der Waals surface area contributed by atoms with Gasteiger partial charge < -0.3 is 10.3 Å². The lowest BCUT2D eigenvalue weighted by Gasteiger charge is -2.02. The van der Waals surface area contributed by atoms with Gasteiger partial charge in [-0.1, -0.05) is 43.4 Å². The number of nitrogens with one attached hydrogen (secondary N) is 2. The fraction of sp³-hybridized carbons (Fsp3) is 0.353. The maximum Gasteiger partial charge on any atom is 0.230 e. The Labute approximate surface area is 139 Å². The number of aromatic nitrogens is 3. The Kier molecular flexibility index (Phi) is 4.43. The summed E-state index contributed by atoms with van der Waals surface area (Å²) in [6.07, 6.45) is 1.21. The summed E-state index contributed by atoms with van der Waals surface area (Å²) in [6.45, 7) is 6.27. The first kappa shape index (κ1) is 15.7. The number of carbonyl (C=O) groups excluding carboxylic acids is 1. The second kappa shape index (κ2) is 6.50. The van der Waals surface area contributed by atoms with Gasteiger partial charge in [0.05, 0.1) is 6.42 Å². The van der Waals surface area contributed by atoms with E-state index >= 15 is 0 Å². The van der Waals surface area contributed by atoms with Crippen LogP contribution in [-0.2, 0) is 17.6 Å². The molecule has 6 heteroatoms. The van der Waals surface area contributed by atoms with E-state index < -0.39 is 0 Å². The molecule has 2 N–H and O–H groups in total. The number of anilines is 1. The maximum atomic E-state index is 12.3. The minimum atomic E-state index is -0.0647. The number of hydrogen-bond acceptors (Lipinski definition) is 4. The van der Waals surface area contributed by atoms with Crippen LogP contribution in [0.3, 0.4) is 0 Å². The Morgan fingerprint density at radius 1 is 1.30 bits per heavy atom. The van der Waals surface area contributed by atoms with Gasteiger partial charge in [0, 0.05) is 23.0 Å². The monoisotopic (exact) mass is 328 g/mol. The molecule has 3 aromatic rings. The zero-order chi connectivity index (χ0) is 16.4. The van der Waals surface area contributed by atoms with E-state index in [9.17, 15) is 4.79 Å². The average molecular weight is 328 g/mol. The molecule has 0 saturated carbocycles. The smallest absolute Gasteiger partial charge is 0.230 e. The summed E-state index contributed by atoms with van der Waals surface area (Å²) in [5.41, 5.74) is 3.12. The van der Waals surface area contributed by atoms with Crippen molar-refractivity contribution in [3.63, 3.8) is 0 Å². The predicted molar refractivity (Wildman–Crippen MR) is 93.8 cm³/mol. The fourth-order valence-electron chi connectivity index (χ4n) is 2.62. The zero-order valence-corrected chi connectivity index (χ0v) is 14.3. The summed E-state index contributed by atoms with van der Waals surface area (Å²) in [5.74, 6) is 0.463. The Hall–Kier alpha value is -2.21. The molecule has 2 aromatic heterocycles. The second-order valence-electron chi connectivity index (χ2n) is 6.10. The Morgan fingerprint density at radius 3 is 2.87 bits per heavy atom. The number of para-hydroxylation sites is 1. The van der Waals surface area contributed by atoms with Gasteiger partial charge in [-0.25, -0.2) is 0 Å². The molecule has 23 heavy (non-hydrogen) atoms. The molecule has 0 radical (unpaired) electrons. The Morgan fingerprint density at radius 2 is 2.09 bits per heavy atom. The molecule has 0 atom stereocenters. The number of benzene rings is 1.